The molecule has 0 aliphatic heterocycles. The van der Waals surface area contributed by atoms with Gasteiger partial charge in [0, 0.05) is 16.1 Å². The number of aromatic nitrogens is 2. The number of aryl methyl sites for hydroxylation is 2. The molecule has 0 aliphatic rings. The fourth-order valence-corrected chi connectivity index (χ4v) is 4.77. The number of benzene rings is 2. The van der Waals surface area contributed by atoms with Crippen molar-refractivity contribution in [3.8, 4) is 22.6 Å². The van der Waals surface area contributed by atoms with Gasteiger partial charge in [0.05, 0.1) is 24.1 Å². The van der Waals surface area contributed by atoms with E-state index in [0.717, 1.165) is 38.6 Å². The Labute approximate surface area is 184 Å². The van der Waals surface area contributed by atoms with E-state index in [-0.39, 0.29) is 0 Å². The van der Waals surface area contributed by atoms with E-state index in [1.165, 1.54) is 4.88 Å². The van der Waals surface area contributed by atoms with Crippen LogP contribution in [0.1, 0.15) is 17.6 Å². The van der Waals surface area contributed by atoms with Crippen LogP contribution in [0.15, 0.2) is 42.5 Å². The Kier molecular flexibility index (Phi) is 5.79. The van der Waals surface area contributed by atoms with Crippen LogP contribution in [0.2, 0.25) is 5.02 Å². The molecule has 1 N–H and O–H groups in total. The van der Waals surface area contributed by atoms with Crippen molar-refractivity contribution in [2.75, 3.05) is 19.0 Å². The second kappa shape index (κ2) is 8.50. The molecule has 30 heavy (non-hydrogen) atoms. The van der Waals surface area contributed by atoms with Crippen molar-refractivity contribution in [1.29, 1.82) is 0 Å². The molecule has 0 fully saturated rings. The van der Waals surface area contributed by atoms with Gasteiger partial charge in [-0.05, 0) is 56.7 Å². The maximum Gasteiger partial charge on any atom is 0.143 e. The van der Waals surface area contributed by atoms with E-state index in [0.29, 0.717) is 23.2 Å². The molecule has 2 aromatic heterocycles. The van der Waals surface area contributed by atoms with Crippen LogP contribution in [-0.4, -0.2) is 23.7 Å². The summed E-state index contributed by atoms with van der Waals surface area (Å²) < 4.78 is 10.8. The van der Waals surface area contributed by atoms with Gasteiger partial charge in [0.25, 0.3) is 0 Å². The van der Waals surface area contributed by atoms with Gasteiger partial charge in [-0.3, -0.25) is 0 Å². The zero-order valence-electron chi connectivity index (χ0n) is 17.2. The molecule has 4 rings (SSSR count). The quantitative estimate of drug-likeness (QED) is 0.359. The minimum Gasteiger partial charge on any atom is -0.495 e. The summed E-state index contributed by atoms with van der Waals surface area (Å²) in [5.41, 5.74) is 3.06. The number of ether oxygens (including phenoxy) is 2. The number of methoxy groups -OCH3 is 1. The molecule has 0 aliphatic carbocycles. The van der Waals surface area contributed by atoms with Gasteiger partial charge in [0.2, 0.25) is 0 Å². The van der Waals surface area contributed by atoms with Gasteiger partial charge in [-0.15, -0.1) is 11.3 Å². The van der Waals surface area contributed by atoms with E-state index in [1.54, 1.807) is 18.4 Å². The Morgan fingerprint density at radius 3 is 2.50 bits per heavy atom. The first-order valence-corrected chi connectivity index (χ1v) is 10.8. The third kappa shape index (κ3) is 3.93. The van der Waals surface area contributed by atoms with Crippen molar-refractivity contribution < 1.29 is 9.47 Å². The fourth-order valence-electron chi connectivity index (χ4n) is 3.42. The SMILES string of the molecule is CCOc1ccc(-c2c(C)sc3nc(C)nc(Nc4ccc(OC)c(Cl)c4)c23)cc1. The zero-order chi connectivity index (χ0) is 21.3. The number of anilines is 2. The average Bonchev–Trinajstić information content (AvgIpc) is 3.05. The molecule has 0 bridgehead atoms. The van der Waals surface area contributed by atoms with Crippen molar-refractivity contribution in [3.05, 3.63) is 58.2 Å². The highest BCUT2D eigenvalue weighted by atomic mass is 35.5. The number of nitrogens with one attached hydrogen (secondary N) is 1. The molecule has 7 heteroatoms. The Balaban J connectivity index is 1.83. The van der Waals surface area contributed by atoms with Gasteiger partial charge >= 0.3 is 0 Å². The average molecular weight is 440 g/mol. The molecular weight excluding hydrogens is 418 g/mol. The lowest BCUT2D eigenvalue weighted by Crippen LogP contribution is -1.99. The van der Waals surface area contributed by atoms with Crippen LogP contribution >= 0.6 is 22.9 Å². The summed E-state index contributed by atoms with van der Waals surface area (Å²) in [6, 6.07) is 13.7. The first-order chi connectivity index (χ1) is 14.5. The predicted octanol–water partition coefficient (Wildman–Crippen LogP) is 6.78. The summed E-state index contributed by atoms with van der Waals surface area (Å²) in [6.07, 6.45) is 0. The molecule has 2 aromatic carbocycles. The Morgan fingerprint density at radius 1 is 1.07 bits per heavy atom. The summed E-state index contributed by atoms with van der Waals surface area (Å²) >= 11 is 7.98. The van der Waals surface area contributed by atoms with E-state index in [1.807, 2.05) is 44.2 Å². The molecule has 5 nitrogen and oxygen atoms in total. The molecular formula is C23H22ClN3O2S. The van der Waals surface area contributed by atoms with E-state index in [4.69, 9.17) is 26.1 Å². The fraction of sp³-hybridized carbons (Fsp3) is 0.217. The van der Waals surface area contributed by atoms with Gasteiger partial charge in [-0.25, -0.2) is 9.97 Å². The topological polar surface area (TPSA) is 56.3 Å². The monoisotopic (exact) mass is 439 g/mol. The number of hydrogen-bond donors (Lipinski definition) is 1. The maximum atomic E-state index is 6.31. The first-order valence-electron chi connectivity index (χ1n) is 9.61. The number of halogens is 1. The standard InChI is InChI=1S/C23H22ClN3O2S/c1-5-29-17-9-6-15(7-10-17)20-13(2)30-23-21(20)22(25-14(3)26-23)27-16-8-11-19(28-4)18(24)12-16/h6-12H,5H2,1-4H3,(H,25,26,27). The van der Waals surface area contributed by atoms with E-state index >= 15 is 0 Å². The van der Waals surface area contributed by atoms with E-state index < -0.39 is 0 Å². The summed E-state index contributed by atoms with van der Waals surface area (Å²) in [7, 11) is 1.60. The van der Waals surface area contributed by atoms with Gasteiger partial charge in [0.15, 0.2) is 0 Å². The number of fused-ring (bicyclic) bond motifs is 1. The summed E-state index contributed by atoms with van der Waals surface area (Å²) in [4.78, 5) is 11.5. The van der Waals surface area contributed by atoms with Crippen LogP contribution in [0.4, 0.5) is 11.5 Å². The highest BCUT2D eigenvalue weighted by Gasteiger charge is 2.18. The highest BCUT2D eigenvalue weighted by molar-refractivity contribution is 7.19. The molecule has 0 atom stereocenters. The van der Waals surface area contributed by atoms with Crippen molar-refractivity contribution in [2.45, 2.75) is 20.8 Å². The molecule has 0 saturated heterocycles. The smallest absolute Gasteiger partial charge is 0.143 e. The summed E-state index contributed by atoms with van der Waals surface area (Å²) in [6.45, 7) is 6.64. The van der Waals surface area contributed by atoms with Gasteiger partial charge in [0.1, 0.15) is 28.0 Å². The minimum absolute atomic E-state index is 0.540. The molecule has 0 amide bonds. The van der Waals surface area contributed by atoms with Gasteiger partial charge in [-0.2, -0.15) is 0 Å². The molecule has 0 spiro atoms. The number of hydrogen-bond acceptors (Lipinski definition) is 6. The second-order valence-corrected chi connectivity index (χ2v) is 8.37. The molecule has 0 unspecified atom stereocenters. The second-order valence-electron chi connectivity index (χ2n) is 6.76. The minimum atomic E-state index is 0.540. The molecule has 154 valence electrons. The number of thiophene rings is 1. The summed E-state index contributed by atoms with van der Waals surface area (Å²) in [5.74, 6) is 2.96. The lowest BCUT2D eigenvalue weighted by molar-refractivity contribution is 0.340. The van der Waals surface area contributed by atoms with Crippen LogP contribution in [0.3, 0.4) is 0 Å². The summed E-state index contributed by atoms with van der Waals surface area (Å²) in [5, 5.41) is 4.96. The molecule has 0 radical (unpaired) electrons. The Morgan fingerprint density at radius 2 is 1.83 bits per heavy atom. The van der Waals surface area contributed by atoms with Crippen molar-refractivity contribution >= 4 is 44.7 Å². The van der Waals surface area contributed by atoms with Crippen LogP contribution < -0.4 is 14.8 Å². The van der Waals surface area contributed by atoms with Crippen LogP contribution in [-0.2, 0) is 0 Å². The Hall–Kier alpha value is -2.83. The van der Waals surface area contributed by atoms with E-state index in [9.17, 15) is 0 Å². The first kappa shape index (κ1) is 20.4. The highest BCUT2D eigenvalue weighted by Crippen LogP contribution is 2.42. The molecule has 0 saturated carbocycles. The normalized spacial score (nSPS) is 11.0. The van der Waals surface area contributed by atoms with Crippen LogP contribution in [0, 0.1) is 13.8 Å². The number of rotatable bonds is 6. The molecule has 4 aromatic rings. The largest absolute Gasteiger partial charge is 0.495 e. The van der Waals surface area contributed by atoms with Gasteiger partial charge < -0.3 is 14.8 Å². The predicted molar refractivity (Wildman–Crippen MR) is 125 cm³/mol. The van der Waals surface area contributed by atoms with E-state index in [2.05, 4.69) is 29.4 Å². The van der Waals surface area contributed by atoms with Crippen molar-refractivity contribution in [2.24, 2.45) is 0 Å². The molecule has 2 heterocycles. The maximum absolute atomic E-state index is 6.31. The third-order valence-corrected chi connectivity index (χ3v) is 6.00. The van der Waals surface area contributed by atoms with Crippen molar-refractivity contribution in [3.63, 3.8) is 0 Å². The number of nitrogens with zero attached hydrogens (tertiary/aromatic N) is 2. The lowest BCUT2D eigenvalue weighted by Gasteiger charge is -2.12. The van der Waals surface area contributed by atoms with Crippen LogP contribution in [0.5, 0.6) is 11.5 Å². The Bertz CT molecular complexity index is 1210. The van der Waals surface area contributed by atoms with Crippen molar-refractivity contribution in [1.82, 2.24) is 9.97 Å². The third-order valence-electron chi connectivity index (χ3n) is 4.71. The van der Waals surface area contributed by atoms with Gasteiger partial charge in [-0.1, -0.05) is 23.7 Å². The zero-order valence-corrected chi connectivity index (χ0v) is 18.8. The van der Waals surface area contributed by atoms with Crippen LogP contribution in [0.25, 0.3) is 21.3 Å². The lowest BCUT2D eigenvalue weighted by atomic mass is 10.0.